The molecular formula is C3H2F3I. The van der Waals surface area contributed by atoms with Gasteiger partial charge in [-0.2, -0.15) is 0 Å². The Balaban J connectivity index is 3.56. The third-order valence-corrected chi connectivity index (χ3v) is 1.02. The summed E-state index contributed by atoms with van der Waals surface area (Å²) in [6, 6.07) is 0. The smallest absolute Gasteiger partial charge is 0.215 e. The summed E-state index contributed by atoms with van der Waals surface area (Å²) in [6.07, 6.45) is -2.77. The first-order chi connectivity index (χ1) is 3.18. The predicted octanol–water partition coefficient (Wildman–Crippen LogP) is 2.50. The molecule has 0 spiro atoms. The Morgan fingerprint density at radius 1 is 1.57 bits per heavy atom. The molecule has 0 unspecified atom stereocenters. The lowest BCUT2D eigenvalue weighted by atomic mass is 10.7. The highest BCUT2D eigenvalue weighted by Gasteiger charge is 2.04. The lowest BCUT2D eigenvalue weighted by Gasteiger charge is -1.87. The van der Waals surface area contributed by atoms with E-state index in [1.807, 2.05) is 0 Å². The van der Waals surface area contributed by atoms with Crippen LogP contribution < -0.4 is 0 Å². The number of allylic oxidation sites excluding steroid dienone is 1. The first-order valence-corrected chi connectivity index (χ1v) is 2.50. The summed E-state index contributed by atoms with van der Waals surface area (Å²) in [6.45, 7) is 0. The Labute approximate surface area is 52.5 Å². The Kier molecular flexibility index (Phi) is 3.41. The van der Waals surface area contributed by atoms with Crippen LogP contribution in [-0.4, -0.2) is 6.43 Å². The van der Waals surface area contributed by atoms with E-state index in [1.54, 1.807) is 0 Å². The first kappa shape index (κ1) is 7.26. The van der Waals surface area contributed by atoms with E-state index < -0.39 is 10.0 Å². The SMILES string of the molecule is FC=C(I)C(F)F. The zero-order valence-electron chi connectivity index (χ0n) is 3.17. The van der Waals surface area contributed by atoms with E-state index in [9.17, 15) is 13.2 Å². The van der Waals surface area contributed by atoms with Gasteiger partial charge in [0.05, 0.1) is 3.58 Å². The van der Waals surface area contributed by atoms with Crippen molar-refractivity contribution < 1.29 is 13.2 Å². The van der Waals surface area contributed by atoms with Crippen molar-refractivity contribution in [3.63, 3.8) is 0 Å². The van der Waals surface area contributed by atoms with Crippen LogP contribution in [0.5, 0.6) is 0 Å². The van der Waals surface area contributed by atoms with Crippen LogP contribution in [0.25, 0.3) is 0 Å². The van der Waals surface area contributed by atoms with Crippen LogP contribution in [0.1, 0.15) is 0 Å². The van der Waals surface area contributed by atoms with Gasteiger partial charge in [0, 0.05) is 0 Å². The van der Waals surface area contributed by atoms with Crippen molar-refractivity contribution in [1.82, 2.24) is 0 Å². The molecule has 0 radical (unpaired) electrons. The minimum absolute atomic E-state index is 0.106. The van der Waals surface area contributed by atoms with Crippen molar-refractivity contribution in [3.05, 3.63) is 9.91 Å². The third kappa shape index (κ3) is 2.90. The lowest BCUT2D eigenvalue weighted by molar-refractivity contribution is 0.200. The highest BCUT2D eigenvalue weighted by atomic mass is 127. The number of halogens is 4. The van der Waals surface area contributed by atoms with Gasteiger partial charge in [-0.15, -0.1) is 0 Å². The van der Waals surface area contributed by atoms with Crippen LogP contribution in [0, 0.1) is 0 Å². The fourth-order valence-corrected chi connectivity index (χ4v) is 0.0476. The summed E-state index contributed by atoms with van der Waals surface area (Å²) in [7, 11) is 0. The van der Waals surface area contributed by atoms with Crippen molar-refractivity contribution in [2.24, 2.45) is 0 Å². The van der Waals surface area contributed by atoms with Crippen molar-refractivity contribution >= 4 is 22.6 Å². The quantitative estimate of drug-likeness (QED) is 0.598. The second kappa shape index (κ2) is 3.29. The highest BCUT2D eigenvalue weighted by Crippen LogP contribution is 2.15. The number of hydrogen-bond acceptors (Lipinski definition) is 0. The van der Waals surface area contributed by atoms with E-state index in [0.717, 1.165) is 0 Å². The molecular weight excluding hydrogens is 220 g/mol. The fraction of sp³-hybridized carbons (Fsp3) is 0.333. The van der Waals surface area contributed by atoms with Crippen LogP contribution >= 0.6 is 22.6 Å². The maximum atomic E-state index is 11.1. The van der Waals surface area contributed by atoms with Gasteiger partial charge < -0.3 is 0 Å². The molecule has 0 bridgehead atoms. The third-order valence-electron chi connectivity index (χ3n) is 0.313. The summed E-state index contributed by atoms with van der Waals surface area (Å²) >= 11 is 1.23. The Bertz CT molecular complexity index is 78.2. The molecule has 0 aliphatic carbocycles. The molecule has 0 N–H and O–H groups in total. The Morgan fingerprint density at radius 3 is 2.00 bits per heavy atom. The van der Waals surface area contributed by atoms with Crippen LogP contribution in [0.4, 0.5) is 13.2 Å². The molecule has 0 aromatic carbocycles. The molecule has 0 aromatic heterocycles. The topological polar surface area (TPSA) is 0 Å². The van der Waals surface area contributed by atoms with Gasteiger partial charge in [-0.05, 0) is 22.6 Å². The normalized spacial score (nSPS) is 13.0. The van der Waals surface area contributed by atoms with Gasteiger partial charge >= 0.3 is 0 Å². The predicted molar refractivity (Wildman–Crippen MR) is 29.2 cm³/mol. The minimum atomic E-state index is -2.66. The zero-order chi connectivity index (χ0) is 5.86. The first-order valence-electron chi connectivity index (χ1n) is 1.42. The van der Waals surface area contributed by atoms with Crippen LogP contribution in [0.2, 0.25) is 0 Å². The monoisotopic (exact) mass is 222 g/mol. The average Bonchev–Trinajstić information content (AvgIpc) is 1.65. The number of hydrogen-bond donors (Lipinski definition) is 0. The summed E-state index contributed by atoms with van der Waals surface area (Å²) in [5.74, 6) is 0. The van der Waals surface area contributed by atoms with Crippen molar-refractivity contribution in [3.8, 4) is 0 Å². The second-order valence-electron chi connectivity index (χ2n) is 0.795. The largest absolute Gasteiger partial charge is 0.271 e. The van der Waals surface area contributed by atoms with E-state index in [4.69, 9.17) is 0 Å². The molecule has 0 heterocycles. The Hall–Kier alpha value is 0.260. The fourth-order valence-electron chi connectivity index (χ4n) is 0.0476. The lowest BCUT2D eigenvalue weighted by Crippen LogP contribution is -1.85. The van der Waals surface area contributed by atoms with E-state index >= 15 is 0 Å². The molecule has 0 rings (SSSR count). The second-order valence-corrected chi connectivity index (χ2v) is 2.04. The van der Waals surface area contributed by atoms with Crippen LogP contribution in [0.15, 0.2) is 9.91 Å². The van der Waals surface area contributed by atoms with Crippen molar-refractivity contribution in [2.75, 3.05) is 0 Å². The van der Waals surface area contributed by atoms with Gasteiger partial charge in [0.25, 0.3) is 6.43 Å². The molecule has 0 saturated heterocycles. The molecule has 0 aliphatic heterocycles. The molecule has 0 saturated carbocycles. The highest BCUT2D eigenvalue weighted by molar-refractivity contribution is 14.1. The molecule has 42 valence electrons. The molecule has 4 heteroatoms. The van der Waals surface area contributed by atoms with Crippen molar-refractivity contribution in [2.45, 2.75) is 6.43 Å². The maximum absolute atomic E-state index is 11.1. The minimum Gasteiger partial charge on any atom is -0.215 e. The molecule has 0 amide bonds. The summed E-state index contributed by atoms with van der Waals surface area (Å²) in [4.78, 5) is 0. The van der Waals surface area contributed by atoms with Crippen molar-refractivity contribution in [1.29, 1.82) is 0 Å². The van der Waals surface area contributed by atoms with Crippen LogP contribution in [0.3, 0.4) is 0 Å². The number of alkyl halides is 2. The van der Waals surface area contributed by atoms with Gasteiger partial charge in [-0.1, -0.05) is 0 Å². The molecule has 0 atom stereocenters. The molecule has 7 heavy (non-hydrogen) atoms. The average molecular weight is 222 g/mol. The maximum Gasteiger partial charge on any atom is 0.271 e. The van der Waals surface area contributed by atoms with Gasteiger partial charge in [0.15, 0.2) is 0 Å². The van der Waals surface area contributed by atoms with Gasteiger partial charge in [-0.25, -0.2) is 13.2 Å². The van der Waals surface area contributed by atoms with E-state index in [1.165, 1.54) is 22.6 Å². The molecule has 0 nitrogen and oxygen atoms in total. The summed E-state index contributed by atoms with van der Waals surface area (Å²) in [5.41, 5.74) is 0. The summed E-state index contributed by atoms with van der Waals surface area (Å²) in [5, 5.41) is 0. The van der Waals surface area contributed by atoms with E-state index in [2.05, 4.69) is 0 Å². The standard InChI is InChI=1S/C3H2F3I/c4-1-2(7)3(5)6/h1,3H. The van der Waals surface area contributed by atoms with Crippen LogP contribution in [-0.2, 0) is 0 Å². The van der Waals surface area contributed by atoms with Gasteiger partial charge in [0.2, 0.25) is 0 Å². The van der Waals surface area contributed by atoms with Gasteiger partial charge in [0.1, 0.15) is 6.33 Å². The van der Waals surface area contributed by atoms with E-state index in [-0.39, 0.29) is 6.33 Å². The zero-order valence-corrected chi connectivity index (χ0v) is 5.32. The van der Waals surface area contributed by atoms with Gasteiger partial charge in [-0.3, -0.25) is 0 Å². The summed E-state index contributed by atoms with van der Waals surface area (Å²) < 4.78 is 32.7. The van der Waals surface area contributed by atoms with E-state index in [0.29, 0.717) is 0 Å². The number of rotatable bonds is 1. The Morgan fingerprint density at radius 2 is 2.00 bits per heavy atom. The molecule has 0 fully saturated rings. The molecule has 0 aromatic rings. The molecule has 0 aliphatic rings.